The van der Waals surface area contributed by atoms with Gasteiger partial charge < -0.3 is 10.5 Å². The molecule has 1 aliphatic carbocycles. The minimum absolute atomic E-state index is 0.0610. The normalized spacial score (nSPS) is 30.3. The van der Waals surface area contributed by atoms with Crippen molar-refractivity contribution >= 4 is 5.97 Å². The van der Waals surface area contributed by atoms with Crippen molar-refractivity contribution in [3.8, 4) is 0 Å². The molecule has 0 aromatic rings. The lowest BCUT2D eigenvalue weighted by atomic mass is 9.89. The fourth-order valence-electron chi connectivity index (χ4n) is 1.90. The number of rotatable bonds is 1. The topological polar surface area (TPSA) is 52.3 Å². The highest BCUT2D eigenvalue weighted by Crippen LogP contribution is 2.22. The van der Waals surface area contributed by atoms with Crippen molar-refractivity contribution in [2.24, 2.45) is 11.7 Å². The summed E-state index contributed by atoms with van der Waals surface area (Å²) in [4.78, 5) is 11.3. The van der Waals surface area contributed by atoms with Gasteiger partial charge in [-0.2, -0.15) is 0 Å². The van der Waals surface area contributed by atoms with Crippen molar-refractivity contribution in [1.82, 2.24) is 0 Å². The Bertz CT molecular complexity index is 170. The minimum atomic E-state index is -0.0610. The van der Waals surface area contributed by atoms with Gasteiger partial charge in [0.2, 0.25) is 0 Å². The van der Waals surface area contributed by atoms with Crippen LogP contribution in [0.25, 0.3) is 0 Å². The molecular weight excluding hydrogens is 166 g/mol. The number of hydrogen-bond donors (Lipinski definition) is 1. The molecule has 2 atom stereocenters. The summed E-state index contributed by atoms with van der Waals surface area (Å²) in [7, 11) is 1.46. The first-order valence-corrected chi connectivity index (χ1v) is 5.07. The van der Waals surface area contributed by atoms with Crippen LogP contribution in [-0.2, 0) is 9.53 Å². The standard InChI is InChI=1S/C10H19NO2/c1-13-10(12)8-4-2-3-5-9(11)7-6-8/h8-9H,2-7,11H2,1H3. The molecule has 0 bridgehead atoms. The maximum absolute atomic E-state index is 11.3. The Hall–Kier alpha value is -0.570. The second-order valence-electron chi connectivity index (χ2n) is 3.84. The second kappa shape index (κ2) is 5.22. The SMILES string of the molecule is COC(=O)C1CCCCC(N)CC1. The van der Waals surface area contributed by atoms with E-state index in [-0.39, 0.29) is 17.9 Å². The molecule has 2 unspecified atom stereocenters. The van der Waals surface area contributed by atoms with Crippen molar-refractivity contribution in [1.29, 1.82) is 0 Å². The Morgan fingerprint density at radius 3 is 2.62 bits per heavy atom. The number of carbonyl (C=O) groups excluding carboxylic acids is 1. The van der Waals surface area contributed by atoms with E-state index in [1.807, 2.05) is 0 Å². The summed E-state index contributed by atoms with van der Waals surface area (Å²) in [6, 6.07) is 0.285. The van der Waals surface area contributed by atoms with Crippen molar-refractivity contribution in [2.75, 3.05) is 7.11 Å². The first-order valence-electron chi connectivity index (χ1n) is 5.07. The first kappa shape index (κ1) is 10.5. The zero-order valence-electron chi connectivity index (χ0n) is 8.29. The molecule has 3 heteroatoms. The number of ether oxygens (including phenoxy) is 1. The predicted octanol–water partition coefficient (Wildman–Crippen LogP) is 1.46. The molecule has 0 radical (unpaired) electrons. The summed E-state index contributed by atoms with van der Waals surface area (Å²) in [5.74, 6) is 0.0328. The van der Waals surface area contributed by atoms with Crippen LogP contribution in [0.2, 0.25) is 0 Å². The molecule has 1 saturated carbocycles. The van der Waals surface area contributed by atoms with E-state index in [0.29, 0.717) is 0 Å². The minimum Gasteiger partial charge on any atom is -0.469 e. The summed E-state index contributed by atoms with van der Waals surface area (Å²) < 4.78 is 4.74. The largest absolute Gasteiger partial charge is 0.469 e. The summed E-state index contributed by atoms with van der Waals surface area (Å²) in [5.41, 5.74) is 5.86. The van der Waals surface area contributed by atoms with Crippen molar-refractivity contribution in [3.05, 3.63) is 0 Å². The fourth-order valence-corrected chi connectivity index (χ4v) is 1.90. The zero-order chi connectivity index (χ0) is 9.68. The predicted molar refractivity (Wildman–Crippen MR) is 51.2 cm³/mol. The number of esters is 1. The van der Waals surface area contributed by atoms with Crippen LogP contribution in [0.1, 0.15) is 38.5 Å². The number of carbonyl (C=O) groups is 1. The molecule has 13 heavy (non-hydrogen) atoms. The Morgan fingerprint density at radius 1 is 1.23 bits per heavy atom. The van der Waals surface area contributed by atoms with Gasteiger partial charge in [-0.1, -0.05) is 12.8 Å². The number of methoxy groups -OCH3 is 1. The van der Waals surface area contributed by atoms with Crippen LogP contribution in [0.4, 0.5) is 0 Å². The molecule has 0 aromatic carbocycles. The molecule has 0 aliphatic heterocycles. The third kappa shape index (κ3) is 3.35. The molecule has 2 N–H and O–H groups in total. The van der Waals surface area contributed by atoms with Gasteiger partial charge in [-0.3, -0.25) is 4.79 Å². The monoisotopic (exact) mass is 185 g/mol. The number of hydrogen-bond acceptors (Lipinski definition) is 3. The molecule has 76 valence electrons. The van der Waals surface area contributed by atoms with E-state index >= 15 is 0 Å². The highest BCUT2D eigenvalue weighted by atomic mass is 16.5. The lowest BCUT2D eigenvalue weighted by molar-refractivity contribution is -0.146. The van der Waals surface area contributed by atoms with Gasteiger partial charge in [-0.15, -0.1) is 0 Å². The van der Waals surface area contributed by atoms with Gasteiger partial charge in [0.25, 0.3) is 0 Å². The van der Waals surface area contributed by atoms with E-state index in [0.717, 1.165) is 38.5 Å². The average molecular weight is 185 g/mol. The Balaban J connectivity index is 2.40. The van der Waals surface area contributed by atoms with Crippen LogP contribution < -0.4 is 5.73 Å². The highest BCUT2D eigenvalue weighted by molar-refractivity contribution is 5.72. The van der Waals surface area contributed by atoms with Gasteiger partial charge in [-0.25, -0.2) is 0 Å². The lowest BCUT2D eigenvalue weighted by Crippen LogP contribution is -2.26. The highest BCUT2D eigenvalue weighted by Gasteiger charge is 2.21. The molecule has 1 fully saturated rings. The first-order chi connectivity index (χ1) is 6.24. The Morgan fingerprint density at radius 2 is 1.92 bits per heavy atom. The molecule has 0 saturated heterocycles. The molecule has 0 aromatic heterocycles. The van der Waals surface area contributed by atoms with E-state index in [1.54, 1.807) is 0 Å². The van der Waals surface area contributed by atoms with E-state index < -0.39 is 0 Å². The lowest BCUT2D eigenvalue weighted by Gasteiger charge is -2.20. The molecule has 0 amide bonds. The van der Waals surface area contributed by atoms with Crippen LogP contribution in [-0.4, -0.2) is 19.1 Å². The smallest absolute Gasteiger partial charge is 0.308 e. The van der Waals surface area contributed by atoms with Gasteiger partial charge in [-0.05, 0) is 25.7 Å². The molecule has 1 aliphatic rings. The van der Waals surface area contributed by atoms with Crippen molar-refractivity contribution in [2.45, 2.75) is 44.6 Å². The maximum atomic E-state index is 11.3. The number of nitrogens with two attached hydrogens (primary N) is 1. The Labute approximate surface area is 79.6 Å². The average Bonchev–Trinajstić information content (AvgIpc) is 2.11. The van der Waals surface area contributed by atoms with Crippen LogP contribution >= 0.6 is 0 Å². The quantitative estimate of drug-likeness (QED) is 0.629. The maximum Gasteiger partial charge on any atom is 0.308 e. The van der Waals surface area contributed by atoms with Crippen LogP contribution in [0.5, 0.6) is 0 Å². The summed E-state index contributed by atoms with van der Waals surface area (Å²) >= 11 is 0. The molecule has 0 heterocycles. The second-order valence-corrected chi connectivity index (χ2v) is 3.84. The third-order valence-corrected chi connectivity index (χ3v) is 2.80. The fraction of sp³-hybridized carbons (Fsp3) is 0.900. The zero-order valence-corrected chi connectivity index (χ0v) is 8.29. The van der Waals surface area contributed by atoms with Gasteiger partial charge in [0, 0.05) is 6.04 Å². The van der Waals surface area contributed by atoms with Crippen molar-refractivity contribution in [3.63, 3.8) is 0 Å². The molecule has 0 spiro atoms. The van der Waals surface area contributed by atoms with Crippen molar-refractivity contribution < 1.29 is 9.53 Å². The van der Waals surface area contributed by atoms with E-state index in [9.17, 15) is 4.79 Å². The molecular formula is C10H19NO2. The Kier molecular flexibility index (Phi) is 4.22. The summed E-state index contributed by atoms with van der Waals surface area (Å²) in [6.07, 6.45) is 6.18. The van der Waals surface area contributed by atoms with Gasteiger partial charge in [0.05, 0.1) is 13.0 Å². The van der Waals surface area contributed by atoms with Crippen LogP contribution in [0.3, 0.4) is 0 Å². The van der Waals surface area contributed by atoms with E-state index in [4.69, 9.17) is 10.5 Å². The van der Waals surface area contributed by atoms with Gasteiger partial charge in [0.15, 0.2) is 0 Å². The molecule has 3 nitrogen and oxygen atoms in total. The van der Waals surface area contributed by atoms with Crippen LogP contribution in [0, 0.1) is 5.92 Å². The van der Waals surface area contributed by atoms with Gasteiger partial charge in [0.1, 0.15) is 0 Å². The third-order valence-electron chi connectivity index (χ3n) is 2.80. The van der Waals surface area contributed by atoms with Gasteiger partial charge >= 0.3 is 5.97 Å². The molecule has 1 rings (SSSR count). The van der Waals surface area contributed by atoms with Crippen LogP contribution in [0.15, 0.2) is 0 Å². The summed E-state index contributed by atoms with van der Waals surface area (Å²) in [5, 5.41) is 0. The summed E-state index contributed by atoms with van der Waals surface area (Å²) in [6.45, 7) is 0. The van der Waals surface area contributed by atoms with E-state index in [2.05, 4.69) is 0 Å². The van der Waals surface area contributed by atoms with E-state index in [1.165, 1.54) is 7.11 Å².